The fourth-order valence-electron chi connectivity index (χ4n) is 1.18. The number of halogens is 2. The third-order valence-electron chi connectivity index (χ3n) is 2.05. The number of rotatable bonds is 5. The third kappa shape index (κ3) is 3.95. The van der Waals surface area contributed by atoms with Gasteiger partial charge in [-0.3, -0.25) is 4.79 Å². The van der Waals surface area contributed by atoms with Gasteiger partial charge in [-0.1, -0.05) is 23.2 Å². The minimum Gasteiger partial charge on any atom is -0.493 e. The SMILES string of the molecule is COc1cc(C(C)=O)ccc1OCC(Cl)=CCl. The monoisotopic (exact) mass is 274 g/mol. The second kappa shape index (κ2) is 6.52. The maximum atomic E-state index is 11.2. The van der Waals surface area contributed by atoms with Gasteiger partial charge in [0.1, 0.15) is 6.61 Å². The van der Waals surface area contributed by atoms with E-state index in [1.165, 1.54) is 19.6 Å². The van der Waals surface area contributed by atoms with E-state index in [1.807, 2.05) is 0 Å². The summed E-state index contributed by atoms with van der Waals surface area (Å²) >= 11 is 11.1. The topological polar surface area (TPSA) is 35.5 Å². The molecule has 0 N–H and O–H groups in total. The maximum Gasteiger partial charge on any atom is 0.161 e. The van der Waals surface area contributed by atoms with Crippen LogP contribution in [0.25, 0.3) is 0 Å². The fraction of sp³-hybridized carbons (Fsp3) is 0.250. The molecule has 1 aromatic rings. The number of hydrogen-bond acceptors (Lipinski definition) is 3. The van der Waals surface area contributed by atoms with Crippen molar-refractivity contribution in [1.82, 2.24) is 0 Å². The lowest BCUT2D eigenvalue weighted by molar-refractivity contribution is 0.101. The van der Waals surface area contributed by atoms with Crippen molar-refractivity contribution in [2.24, 2.45) is 0 Å². The number of ether oxygens (including phenoxy) is 2. The highest BCUT2D eigenvalue weighted by Crippen LogP contribution is 2.28. The van der Waals surface area contributed by atoms with Crippen molar-refractivity contribution < 1.29 is 14.3 Å². The minimum absolute atomic E-state index is 0.0338. The van der Waals surface area contributed by atoms with E-state index in [1.54, 1.807) is 18.2 Å². The summed E-state index contributed by atoms with van der Waals surface area (Å²) in [5.41, 5.74) is 1.80. The van der Waals surface area contributed by atoms with Crippen LogP contribution in [0.15, 0.2) is 28.8 Å². The number of methoxy groups -OCH3 is 1. The molecule has 0 atom stereocenters. The average molecular weight is 275 g/mol. The highest BCUT2D eigenvalue weighted by Gasteiger charge is 2.08. The van der Waals surface area contributed by atoms with Crippen LogP contribution in [0.3, 0.4) is 0 Å². The van der Waals surface area contributed by atoms with Gasteiger partial charge in [0.2, 0.25) is 0 Å². The Kier molecular flexibility index (Phi) is 5.32. The first-order valence-corrected chi connectivity index (χ1v) is 5.66. The molecule has 5 heteroatoms. The van der Waals surface area contributed by atoms with Crippen molar-refractivity contribution in [3.63, 3.8) is 0 Å². The lowest BCUT2D eigenvalue weighted by Crippen LogP contribution is -2.01. The minimum atomic E-state index is -0.0338. The van der Waals surface area contributed by atoms with E-state index in [2.05, 4.69) is 0 Å². The second-order valence-corrected chi connectivity index (χ2v) is 3.97. The van der Waals surface area contributed by atoms with Crippen LogP contribution in [0.1, 0.15) is 17.3 Å². The Hall–Kier alpha value is -1.19. The summed E-state index contributed by atoms with van der Waals surface area (Å²) in [7, 11) is 1.51. The molecule has 0 aromatic heterocycles. The number of carbonyl (C=O) groups excluding carboxylic acids is 1. The van der Waals surface area contributed by atoms with Crippen LogP contribution >= 0.6 is 23.2 Å². The van der Waals surface area contributed by atoms with Gasteiger partial charge in [-0.2, -0.15) is 0 Å². The quantitative estimate of drug-likeness (QED) is 0.770. The standard InChI is InChI=1S/C12H12Cl2O3/c1-8(15)9-3-4-11(12(5-9)16-2)17-7-10(14)6-13/h3-6H,7H2,1-2H3. The van der Waals surface area contributed by atoms with Gasteiger partial charge in [-0.15, -0.1) is 0 Å². The molecule has 0 unspecified atom stereocenters. The van der Waals surface area contributed by atoms with Crippen LogP contribution in [-0.4, -0.2) is 19.5 Å². The van der Waals surface area contributed by atoms with Crippen molar-refractivity contribution in [3.05, 3.63) is 34.3 Å². The van der Waals surface area contributed by atoms with Gasteiger partial charge in [0, 0.05) is 11.1 Å². The van der Waals surface area contributed by atoms with Gasteiger partial charge < -0.3 is 9.47 Å². The summed E-state index contributed by atoms with van der Waals surface area (Å²) in [6.07, 6.45) is 0. The molecule has 3 nitrogen and oxygen atoms in total. The molecular formula is C12H12Cl2O3. The molecular weight excluding hydrogens is 263 g/mol. The van der Waals surface area contributed by atoms with Crippen LogP contribution in [-0.2, 0) is 0 Å². The lowest BCUT2D eigenvalue weighted by atomic mass is 10.1. The fourth-order valence-corrected chi connectivity index (χ4v) is 1.30. The lowest BCUT2D eigenvalue weighted by Gasteiger charge is -2.10. The number of Topliss-reactive ketones (excluding diaryl/α,β-unsaturated/α-hetero) is 1. The van der Waals surface area contributed by atoms with Crippen LogP contribution < -0.4 is 9.47 Å². The zero-order valence-electron chi connectivity index (χ0n) is 9.50. The highest BCUT2D eigenvalue weighted by molar-refractivity contribution is 6.36. The summed E-state index contributed by atoms with van der Waals surface area (Å²) < 4.78 is 10.5. The summed E-state index contributed by atoms with van der Waals surface area (Å²) in [5.74, 6) is 0.958. The number of hydrogen-bond donors (Lipinski definition) is 0. The molecule has 0 spiro atoms. The molecule has 0 fully saturated rings. The Bertz CT molecular complexity index is 441. The van der Waals surface area contributed by atoms with Crippen LogP contribution in [0.4, 0.5) is 0 Å². The zero-order valence-corrected chi connectivity index (χ0v) is 11.0. The molecule has 17 heavy (non-hydrogen) atoms. The van der Waals surface area contributed by atoms with E-state index in [9.17, 15) is 4.79 Å². The van der Waals surface area contributed by atoms with Gasteiger partial charge in [0.25, 0.3) is 0 Å². The zero-order chi connectivity index (χ0) is 12.8. The summed E-state index contributed by atoms with van der Waals surface area (Å²) in [6.45, 7) is 1.64. The highest BCUT2D eigenvalue weighted by atomic mass is 35.5. The van der Waals surface area contributed by atoms with Gasteiger partial charge in [-0.25, -0.2) is 0 Å². The van der Waals surface area contributed by atoms with Crippen LogP contribution in [0.5, 0.6) is 11.5 Å². The Balaban J connectivity index is 2.89. The summed E-state index contributed by atoms with van der Waals surface area (Å²) in [5, 5.41) is 0.379. The van der Waals surface area contributed by atoms with E-state index >= 15 is 0 Å². The summed E-state index contributed by atoms with van der Waals surface area (Å²) in [6, 6.07) is 4.95. The molecule has 0 aliphatic heterocycles. The first-order chi connectivity index (χ1) is 8.08. The molecule has 0 saturated heterocycles. The maximum absolute atomic E-state index is 11.2. The van der Waals surface area contributed by atoms with Gasteiger partial charge in [0.15, 0.2) is 17.3 Å². The van der Waals surface area contributed by atoms with Crippen LogP contribution in [0, 0.1) is 0 Å². The molecule has 0 radical (unpaired) electrons. The predicted octanol–water partition coefficient (Wildman–Crippen LogP) is 3.60. The van der Waals surface area contributed by atoms with E-state index in [4.69, 9.17) is 32.7 Å². The largest absolute Gasteiger partial charge is 0.493 e. The average Bonchev–Trinajstić information content (AvgIpc) is 2.35. The van der Waals surface area contributed by atoms with E-state index < -0.39 is 0 Å². The molecule has 1 aromatic carbocycles. The Morgan fingerprint density at radius 2 is 2.12 bits per heavy atom. The molecule has 0 amide bonds. The predicted molar refractivity (Wildman–Crippen MR) is 68.3 cm³/mol. The number of carbonyl (C=O) groups is 1. The van der Waals surface area contributed by atoms with Crippen molar-refractivity contribution in [1.29, 1.82) is 0 Å². The molecule has 1 rings (SSSR count). The number of ketones is 1. The first kappa shape index (κ1) is 13.9. The van der Waals surface area contributed by atoms with Crippen molar-refractivity contribution in [2.45, 2.75) is 6.92 Å². The summed E-state index contributed by atoms with van der Waals surface area (Å²) in [4.78, 5) is 11.2. The van der Waals surface area contributed by atoms with Crippen molar-refractivity contribution >= 4 is 29.0 Å². The van der Waals surface area contributed by atoms with Crippen molar-refractivity contribution in [3.8, 4) is 11.5 Å². The smallest absolute Gasteiger partial charge is 0.161 e. The van der Waals surface area contributed by atoms with E-state index in [-0.39, 0.29) is 12.4 Å². The Labute approximate surface area is 110 Å². The van der Waals surface area contributed by atoms with Crippen molar-refractivity contribution in [2.75, 3.05) is 13.7 Å². The van der Waals surface area contributed by atoms with Gasteiger partial charge >= 0.3 is 0 Å². The molecule has 0 heterocycles. The number of benzene rings is 1. The first-order valence-electron chi connectivity index (χ1n) is 4.85. The van der Waals surface area contributed by atoms with E-state index in [0.717, 1.165) is 0 Å². The molecule has 0 aliphatic carbocycles. The normalized spacial score (nSPS) is 11.2. The van der Waals surface area contributed by atoms with E-state index in [0.29, 0.717) is 22.1 Å². The Morgan fingerprint density at radius 1 is 1.41 bits per heavy atom. The Morgan fingerprint density at radius 3 is 2.65 bits per heavy atom. The second-order valence-electron chi connectivity index (χ2n) is 3.27. The molecule has 92 valence electrons. The molecule has 0 saturated carbocycles. The van der Waals surface area contributed by atoms with Gasteiger partial charge in [-0.05, 0) is 25.1 Å². The van der Waals surface area contributed by atoms with Crippen LogP contribution in [0.2, 0.25) is 0 Å². The molecule has 0 bridgehead atoms. The third-order valence-corrected chi connectivity index (χ3v) is 2.65. The van der Waals surface area contributed by atoms with Gasteiger partial charge in [0.05, 0.1) is 12.1 Å². The molecule has 0 aliphatic rings.